The van der Waals surface area contributed by atoms with Crippen LogP contribution in [-0.2, 0) is 0 Å². The van der Waals surface area contributed by atoms with Crippen LogP contribution in [0.4, 0.5) is 5.82 Å². The Kier molecular flexibility index (Phi) is 3.85. The molecule has 3 rings (SSSR count). The number of benzene rings is 1. The number of H-pyrrole nitrogens is 1. The molecule has 0 saturated carbocycles. The van der Waals surface area contributed by atoms with Crippen molar-refractivity contribution in [1.82, 2.24) is 10.2 Å². The van der Waals surface area contributed by atoms with E-state index in [9.17, 15) is 10.1 Å². The summed E-state index contributed by atoms with van der Waals surface area (Å²) in [6.07, 6.45) is 0. The number of rotatable bonds is 4. The SMILES string of the molecule is CCSc1n[nH]c(NC(=O)c2cc3ccccc3o2)c1C#N. The molecule has 1 aromatic carbocycles. The molecule has 0 aliphatic heterocycles. The average Bonchev–Trinajstić information content (AvgIpc) is 3.11. The monoisotopic (exact) mass is 312 g/mol. The second-order valence-electron chi connectivity index (χ2n) is 4.43. The number of fused-ring (bicyclic) bond motifs is 1. The van der Waals surface area contributed by atoms with Crippen LogP contribution in [0, 0.1) is 11.3 Å². The third kappa shape index (κ3) is 2.56. The summed E-state index contributed by atoms with van der Waals surface area (Å²) in [5.74, 6) is 0.828. The molecule has 2 N–H and O–H groups in total. The molecule has 3 aromatic rings. The maximum Gasteiger partial charge on any atom is 0.292 e. The molecular weight excluding hydrogens is 300 g/mol. The number of para-hydroxylation sites is 1. The standard InChI is InChI=1S/C15H12N4O2S/c1-2-22-15-10(8-16)13(18-19-15)17-14(20)12-7-9-5-3-4-6-11(9)21-12/h3-7H,2H2,1H3,(H2,17,18,19,20). The van der Waals surface area contributed by atoms with Crippen LogP contribution in [0.25, 0.3) is 11.0 Å². The van der Waals surface area contributed by atoms with Crippen LogP contribution in [0.5, 0.6) is 0 Å². The maximum atomic E-state index is 12.3. The molecule has 7 heteroatoms. The minimum Gasteiger partial charge on any atom is -0.451 e. The summed E-state index contributed by atoms with van der Waals surface area (Å²) in [5, 5.41) is 20.0. The fourth-order valence-electron chi connectivity index (χ4n) is 2.03. The van der Waals surface area contributed by atoms with Gasteiger partial charge in [0.15, 0.2) is 5.76 Å². The van der Waals surface area contributed by atoms with Gasteiger partial charge >= 0.3 is 0 Å². The van der Waals surface area contributed by atoms with Crippen LogP contribution in [0.15, 0.2) is 39.8 Å². The summed E-state index contributed by atoms with van der Waals surface area (Å²) in [5.41, 5.74) is 0.969. The first-order chi connectivity index (χ1) is 10.7. The van der Waals surface area contributed by atoms with Gasteiger partial charge in [0.05, 0.1) is 0 Å². The van der Waals surface area contributed by atoms with Crippen LogP contribution in [0.1, 0.15) is 23.0 Å². The molecule has 0 aliphatic rings. The van der Waals surface area contributed by atoms with Gasteiger partial charge < -0.3 is 9.73 Å². The first-order valence-corrected chi connectivity index (χ1v) is 7.62. The van der Waals surface area contributed by atoms with Crippen molar-refractivity contribution >= 4 is 34.5 Å². The lowest BCUT2D eigenvalue weighted by Crippen LogP contribution is -2.12. The maximum absolute atomic E-state index is 12.3. The number of hydrogen-bond donors (Lipinski definition) is 2. The molecule has 0 aliphatic carbocycles. The van der Waals surface area contributed by atoms with Crippen LogP contribution in [0.3, 0.4) is 0 Å². The number of hydrogen-bond acceptors (Lipinski definition) is 5. The van der Waals surface area contributed by atoms with Gasteiger partial charge in [-0.25, -0.2) is 0 Å². The van der Waals surface area contributed by atoms with Gasteiger partial charge in [0.1, 0.15) is 28.1 Å². The van der Waals surface area contributed by atoms with Crippen LogP contribution >= 0.6 is 11.8 Å². The average molecular weight is 312 g/mol. The third-order valence-corrected chi connectivity index (χ3v) is 3.87. The Labute approximate surface area is 130 Å². The van der Waals surface area contributed by atoms with Crippen molar-refractivity contribution in [1.29, 1.82) is 5.26 Å². The number of nitrogens with one attached hydrogen (secondary N) is 2. The highest BCUT2D eigenvalue weighted by Gasteiger charge is 2.18. The predicted octanol–water partition coefficient (Wildman–Crippen LogP) is 3.39. The molecule has 6 nitrogen and oxygen atoms in total. The lowest BCUT2D eigenvalue weighted by Gasteiger charge is -1.99. The molecular formula is C15H12N4O2S. The lowest BCUT2D eigenvalue weighted by molar-refractivity contribution is 0.0998. The third-order valence-electron chi connectivity index (χ3n) is 3.01. The molecule has 110 valence electrons. The number of nitriles is 1. The Bertz CT molecular complexity index is 842. The molecule has 2 heterocycles. The summed E-state index contributed by atoms with van der Waals surface area (Å²) in [6, 6.07) is 11.1. The molecule has 22 heavy (non-hydrogen) atoms. The summed E-state index contributed by atoms with van der Waals surface area (Å²) >= 11 is 1.43. The van der Waals surface area contributed by atoms with Crippen molar-refractivity contribution in [3.8, 4) is 6.07 Å². The smallest absolute Gasteiger partial charge is 0.292 e. The summed E-state index contributed by atoms with van der Waals surface area (Å²) in [4.78, 5) is 12.3. The highest BCUT2D eigenvalue weighted by atomic mass is 32.2. The van der Waals surface area contributed by atoms with Crippen LogP contribution < -0.4 is 5.32 Å². The number of aromatic amines is 1. The fraction of sp³-hybridized carbons (Fsp3) is 0.133. The molecule has 1 amide bonds. The predicted molar refractivity (Wildman–Crippen MR) is 83.9 cm³/mol. The van der Waals surface area contributed by atoms with E-state index in [1.165, 1.54) is 11.8 Å². The highest BCUT2D eigenvalue weighted by Crippen LogP contribution is 2.26. The molecule has 0 unspecified atom stereocenters. The first-order valence-electron chi connectivity index (χ1n) is 6.64. The van der Waals surface area contributed by atoms with E-state index in [0.717, 1.165) is 11.1 Å². The van der Waals surface area contributed by atoms with Gasteiger partial charge in [0.2, 0.25) is 0 Å². The second-order valence-corrected chi connectivity index (χ2v) is 5.68. The number of furan rings is 1. The van der Waals surface area contributed by atoms with E-state index in [-0.39, 0.29) is 11.6 Å². The second kappa shape index (κ2) is 5.95. The van der Waals surface area contributed by atoms with Crippen molar-refractivity contribution in [2.75, 3.05) is 11.1 Å². The van der Waals surface area contributed by atoms with E-state index in [0.29, 0.717) is 16.2 Å². The van der Waals surface area contributed by atoms with E-state index < -0.39 is 5.91 Å². The molecule has 0 atom stereocenters. The fourth-order valence-corrected chi connectivity index (χ4v) is 2.71. The summed E-state index contributed by atoms with van der Waals surface area (Å²) in [7, 11) is 0. The van der Waals surface area contributed by atoms with Crippen LogP contribution in [0.2, 0.25) is 0 Å². The molecule has 0 fully saturated rings. The number of carbonyl (C=O) groups is 1. The van der Waals surface area contributed by atoms with Gasteiger partial charge in [-0.2, -0.15) is 10.4 Å². The van der Waals surface area contributed by atoms with Gasteiger partial charge in [-0.3, -0.25) is 9.89 Å². The van der Waals surface area contributed by atoms with E-state index in [4.69, 9.17) is 4.42 Å². The van der Waals surface area contributed by atoms with Crippen LogP contribution in [-0.4, -0.2) is 21.9 Å². The largest absolute Gasteiger partial charge is 0.451 e. The van der Waals surface area contributed by atoms with Crippen molar-refractivity contribution in [3.63, 3.8) is 0 Å². The zero-order chi connectivity index (χ0) is 15.5. The number of nitrogens with zero attached hydrogens (tertiary/aromatic N) is 2. The van der Waals surface area contributed by atoms with Gasteiger partial charge in [0.25, 0.3) is 5.91 Å². The highest BCUT2D eigenvalue weighted by molar-refractivity contribution is 7.99. The number of carbonyl (C=O) groups excluding carboxylic acids is 1. The zero-order valence-corrected chi connectivity index (χ0v) is 12.5. The van der Waals surface area contributed by atoms with Gasteiger partial charge in [-0.15, -0.1) is 11.8 Å². The number of aromatic nitrogens is 2. The molecule has 0 bridgehead atoms. The Morgan fingerprint density at radius 3 is 3.05 bits per heavy atom. The Morgan fingerprint density at radius 1 is 1.50 bits per heavy atom. The van der Waals surface area contributed by atoms with Gasteiger partial charge in [-0.05, 0) is 17.9 Å². The normalized spacial score (nSPS) is 10.5. The molecule has 0 spiro atoms. The first kappa shape index (κ1) is 14.2. The quantitative estimate of drug-likeness (QED) is 0.720. The van der Waals surface area contributed by atoms with E-state index in [1.807, 2.05) is 25.1 Å². The van der Waals surface area contributed by atoms with Crippen molar-refractivity contribution < 1.29 is 9.21 Å². The Balaban J connectivity index is 1.86. The van der Waals surface area contributed by atoms with E-state index in [2.05, 4.69) is 21.6 Å². The minimum atomic E-state index is -0.426. The zero-order valence-electron chi connectivity index (χ0n) is 11.7. The lowest BCUT2D eigenvalue weighted by atomic mass is 10.2. The Morgan fingerprint density at radius 2 is 2.32 bits per heavy atom. The van der Waals surface area contributed by atoms with Crippen molar-refractivity contribution in [2.24, 2.45) is 0 Å². The van der Waals surface area contributed by atoms with E-state index >= 15 is 0 Å². The molecule has 2 aromatic heterocycles. The van der Waals surface area contributed by atoms with Crippen molar-refractivity contribution in [2.45, 2.75) is 11.9 Å². The molecule has 0 saturated heterocycles. The topological polar surface area (TPSA) is 94.7 Å². The number of amides is 1. The van der Waals surface area contributed by atoms with Crippen molar-refractivity contribution in [3.05, 3.63) is 41.7 Å². The molecule has 0 radical (unpaired) electrons. The van der Waals surface area contributed by atoms with Gasteiger partial charge in [0, 0.05) is 5.39 Å². The number of anilines is 1. The number of thioether (sulfide) groups is 1. The summed E-state index contributed by atoms with van der Waals surface area (Å²) < 4.78 is 5.50. The summed E-state index contributed by atoms with van der Waals surface area (Å²) in [6.45, 7) is 1.97. The minimum absolute atomic E-state index is 0.185. The van der Waals surface area contributed by atoms with Gasteiger partial charge in [-0.1, -0.05) is 25.1 Å². The van der Waals surface area contributed by atoms with E-state index in [1.54, 1.807) is 12.1 Å². The Hall–Kier alpha value is -2.72.